The summed E-state index contributed by atoms with van der Waals surface area (Å²) in [4.78, 5) is 17.0. The number of nitrogens with zero attached hydrogens (tertiary/aromatic N) is 1. The predicted molar refractivity (Wildman–Crippen MR) is 118 cm³/mol. The second kappa shape index (κ2) is 8.16. The van der Waals surface area contributed by atoms with Crippen LogP contribution < -0.4 is 10.0 Å². The van der Waals surface area contributed by atoms with Crippen molar-refractivity contribution < 1.29 is 17.6 Å². The zero-order valence-corrected chi connectivity index (χ0v) is 17.3. The number of amides is 1. The van der Waals surface area contributed by atoms with E-state index >= 15 is 0 Å². The number of rotatable bonds is 5. The van der Waals surface area contributed by atoms with Crippen LogP contribution in [-0.2, 0) is 10.0 Å². The van der Waals surface area contributed by atoms with Crippen LogP contribution in [0.2, 0.25) is 0 Å². The summed E-state index contributed by atoms with van der Waals surface area (Å²) >= 11 is 0. The van der Waals surface area contributed by atoms with Gasteiger partial charge in [-0.2, -0.15) is 0 Å². The van der Waals surface area contributed by atoms with Crippen molar-refractivity contribution in [2.45, 2.75) is 11.8 Å². The van der Waals surface area contributed by atoms with E-state index in [2.05, 4.69) is 15.0 Å². The Kier molecular flexibility index (Phi) is 5.39. The second-order valence-electron chi connectivity index (χ2n) is 6.93. The number of halogens is 1. The Labute approximate surface area is 178 Å². The molecular weight excluding hydrogens is 417 g/mol. The van der Waals surface area contributed by atoms with Crippen molar-refractivity contribution in [2.75, 3.05) is 10.0 Å². The number of aryl methyl sites for hydroxylation is 1. The quantitative estimate of drug-likeness (QED) is 0.474. The number of hydrogen-bond donors (Lipinski definition) is 2. The van der Waals surface area contributed by atoms with E-state index in [4.69, 9.17) is 0 Å². The number of hydrogen-bond acceptors (Lipinski definition) is 4. The summed E-state index contributed by atoms with van der Waals surface area (Å²) in [5, 5.41) is 3.62. The first-order valence-electron chi connectivity index (χ1n) is 9.38. The molecule has 1 aromatic heterocycles. The zero-order chi connectivity index (χ0) is 22.0. The van der Waals surface area contributed by atoms with Crippen molar-refractivity contribution in [3.05, 3.63) is 95.9 Å². The maximum Gasteiger partial charge on any atom is 0.262 e. The zero-order valence-electron chi connectivity index (χ0n) is 16.5. The lowest BCUT2D eigenvalue weighted by Gasteiger charge is -2.12. The number of sulfonamides is 1. The van der Waals surface area contributed by atoms with Gasteiger partial charge in [0.1, 0.15) is 5.82 Å². The van der Waals surface area contributed by atoms with E-state index in [-0.39, 0.29) is 16.1 Å². The van der Waals surface area contributed by atoms with E-state index in [1.807, 2.05) is 24.3 Å². The van der Waals surface area contributed by atoms with Gasteiger partial charge in [0.05, 0.1) is 28.0 Å². The summed E-state index contributed by atoms with van der Waals surface area (Å²) in [6.45, 7) is 1.70. The highest BCUT2D eigenvalue weighted by molar-refractivity contribution is 7.92. The molecule has 4 aromatic rings. The second-order valence-corrected chi connectivity index (χ2v) is 8.62. The number of nitrogens with one attached hydrogen (secondary N) is 2. The molecule has 1 amide bonds. The fourth-order valence-corrected chi connectivity index (χ4v) is 4.19. The van der Waals surface area contributed by atoms with Crippen LogP contribution in [0.4, 0.5) is 15.8 Å². The Morgan fingerprint density at radius 1 is 0.968 bits per heavy atom. The predicted octanol–water partition coefficient (Wildman–Crippen LogP) is 4.74. The molecule has 3 aromatic carbocycles. The summed E-state index contributed by atoms with van der Waals surface area (Å²) < 4.78 is 41.5. The molecule has 1 heterocycles. The number of fused-ring (bicyclic) bond motifs is 1. The highest BCUT2D eigenvalue weighted by Crippen LogP contribution is 2.22. The lowest BCUT2D eigenvalue weighted by molar-refractivity contribution is 0.102. The molecule has 0 saturated carbocycles. The Balaban J connectivity index is 1.62. The minimum Gasteiger partial charge on any atom is -0.321 e. The summed E-state index contributed by atoms with van der Waals surface area (Å²) in [5.41, 5.74) is 1.89. The fraction of sp³-hybridized carbons (Fsp3) is 0.0435. The van der Waals surface area contributed by atoms with Gasteiger partial charge in [0.2, 0.25) is 0 Å². The third-order valence-corrected chi connectivity index (χ3v) is 6.09. The lowest BCUT2D eigenvalue weighted by Crippen LogP contribution is -2.17. The van der Waals surface area contributed by atoms with Crippen LogP contribution in [0.5, 0.6) is 0 Å². The van der Waals surface area contributed by atoms with Crippen LogP contribution in [0.15, 0.2) is 83.9 Å². The first kappa shape index (κ1) is 20.5. The fourth-order valence-electron chi connectivity index (χ4n) is 3.10. The Hall–Kier alpha value is -3.78. The van der Waals surface area contributed by atoms with E-state index in [1.165, 1.54) is 42.6 Å². The SMILES string of the molecule is Cc1ccc(S(=O)(=O)Nc2ccccc2F)cc1C(=O)Nc1cnc2ccccc2c1. The normalized spacial score (nSPS) is 11.3. The lowest BCUT2D eigenvalue weighted by atomic mass is 10.1. The van der Waals surface area contributed by atoms with Crippen LogP contribution in [0.25, 0.3) is 10.9 Å². The van der Waals surface area contributed by atoms with Crippen molar-refractivity contribution in [1.29, 1.82) is 0 Å². The van der Waals surface area contributed by atoms with Crippen LogP contribution >= 0.6 is 0 Å². The molecule has 31 heavy (non-hydrogen) atoms. The van der Waals surface area contributed by atoms with Crippen LogP contribution in [-0.4, -0.2) is 19.3 Å². The first-order chi connectivity index (χ1) is 14.8. The Morgan fingerprint density at radius 3 is 2.52 bits per heavy atom. The molecule has 0 aliphatic heterocycles. The molecule has 0 unspecified atom stereocenters. The van der Waals surface area contributed by atoms with Gasteiger partial charge in [-0.3, -0.25) is 14.5 Å². The van der Waals surface area contributed by atoms with E-state index in [0.717, 1.165) is 17.0 Å². The average Bonchev–Trinajstić information content (AvgIpc) is 2.75. The van der Waals surface area contributed by atoms with Crippen LogP contribution in [0.3, 0.4) is 0 Å². The Morgan fingerprint density at radius 2 is 1.71 bits per heavy atom. The van der Waals surface area contributed by atoms with Gasteiger partial charge >= 0.3 is 0 Å². The highest BCUT2D eigenvalue weighted by Gasteiger charge is 2.19. The number of para-hydroxylation sites is 2. The van der Waals surface area contributed by atoms with Gasteiger partial charge in [0, 0.05) is 10.9 Å². The van der Waals surface area contributed by atoms with Crippen LogP contribution in [0, 0.1) is 12.7 Å². The molecule has 6 nitrogen and oxygen atoms in total. The van der Waals surface area contributed by atoms with Gasteiger partial charge in [0.25, 0.3) is 15.9 Å². The van der Waals surface area contributed by atoms with Gasteiger partial charge < -0.3 is 5.32 Å². The first-order valence-corrected chi connectivity index (χ1v) is 10.9. The summed E-state index contributed by atoms with van der Waals surface area (Å²) in [6.07, 6.45) is 1.54. The molecule has 156 valence electrons. The smallest absolute Gasteiger partial charge is 0.262 e. The molecular formula is C23H18FN3O3S. The van der Waals surface area contributed by atoms with Gasteiger partial charge in [-0.25, -0.2) is 12.8 Å². The number of aromatic nitrogens is 1. The number of anilines is 2. The highest BCUT2D eigenvalue weighted by atomic mass is 32.2. The molecule has 0 fully saturated rings. The van der Waals surface area contributed by atoms with E-state index < -0.39 is 21.7 Å². The Bertz CT molecular complexity index is 1400. The summed E-state index contributed by atoms with van der Waals surface area (Å²) in [7, 11) is -4.09. The average molecular weight is 435 g/mol. The van der Waals surface area contributed by atoms with Crippen molar-refractivity contribution in [2.24, 2.45) is 0 Å². The molecule has 0 radical (unpaired) electrons. The summed E-state index contributed by atoms with van der Waals surface area (Å²) in [6, 6.07) is 18.9. The van der Waals surface area contributed by atoms with Crippen LogP contribution in [0.1, 0.15) is 15.9 Å². The minimum absolute atomic E-state index is 0.150. The van der Waals surface area contributed by atoms with E-state index in [0.29, 0.717) is 11.3 Å². The third kappa shape index (κ3) is 4.39. The molecule has 8 heteroatoms. The summed E-state index contributed by atoms with van der Waals surface area (Å²) in [5.74, 6) is -1.17. The molecule has 2 N–H and O–H groups in total. The van der Waals surface area contributed by atoms with E-state index in [1.54, 1.807) is 13.0 Å². The minimum atomic E-state index is -4.09. The van der Waals surface area contributed by atoms with Gasteiger partial charge in [-0.05, 0) is 48.9 Å². The molecule has 0 aliphatic rings. The number of carbonyl (C=O) groups excluding carboxylic acids is 1. The molecule has 0 bridgehead atoms. The van der Waals surface area contributed by atoms with Crippen molar-refractivity contribution >= 4 is 38.2 Å². The molecule has 0 atom stereocenters. The number of benzene rings is 3. The molecule has 0 spiro atoms. The third-order valence-electron chi connectivity index (χ3n) is 4.73. The maximum atomic E-state index is 13.9. The number of pyridine rings is 1. The largest absolute Gasteiger partial charge is 0.321 e. The van der Waals surface area contributed by atoms with Gasteiger partial charge in [0.15, 0.2) is 0 Å². The van der Waals surface area contributed by atoms with Crippen molar-refractivity contribution in [1.82, 2.24) is 4.98 Å². The van der Waals surface area contributed by atoms with E-state index in [9.17, 15) is 17.6 Å². The molecule has 0 saturated heterocycles. The van der Waals surface area contributed by atoms with Crippen molar-refractivity contribution in [3.63, 3.8) is 0 Å². The van der Waals surface area contributed by atoms with Gasteiger partial charge in [-0.15, -0.1) is 0 Å². The molecule has 0 aliphatic carbocycles. The topological polar surface area (TPSA) is 88.2 Å². The monoisotopic (exact) mass is 435 g/mol. The van der Waals surface area contributed by atoms with Gasteiger partial charge in [-0.1, -0.05) is 36.4 Å². The number of carbonyl (C=O) groups is 1. The maximum absolute atomic E-state index is 13.9. The van der Waals surface area contributed by atoms with Crippen molar-refractivity contribution in [3.8, 4) is 0 Å². The standard InChI is InChI=1S/C23H18FN3O3S/c1-15-10-11-18(31(29,30)27-22-9-5-3-7-20(22)24)13-19(15)23(28)26-17-12-16-6-2-4-8-21(16)25-14-17/h2-14,27H,1H3,(H,26,28). The molecule has 4 rings (SSSR count).